The maximum absolute atomic E-state index is 4.17. The molecule has 0 bridgehead atoms. The molecule has 1 heterocycles. The third-order valence-corrected chi connectivity index (χ3v) is 2.76. The number of aromatic nitrogens is 2. The fourth-order valence-electron chi connectivity index (χ4n) is 1.27. The quantitative estimate of drug-likeness (QED) is 0.698. The number of hydrogen-bond acceptors (Lipinski definition) is 3. The lowest BCUT2D eigenvalue weighted by Crippen LogP contribution is -2.29. The van der Waals surface area contributed by atoms with Gasteiger partial charge in [0.25, 0.3) is 0 Å². The van der Waals surface area contributed by atoms with Crippen LogP contribution in [-0.4, -0.2) is 34.4 Å². The Morgan fingerprint density at radius 3 is 3.07 bits per heavy atom. The summed E-state index contributed by atoms with van der Waals surface area (Å²) in [5.41, 5.74) is 0. The van der Waals surface area contributed by atoms with E-state index in [-0.39, 0.29) is 0 Å². The first-order valence-corrected chi connectivity index (χ1v) is 6.42. The van der Waals surface area contributed by atoms with E-state index in [2.05, 4.69) is 23.6 Å². The Morgan fingerprint density at radius 2 is 2.43 bits per heavy atom. The molecule has 0 spiro atoms. The summed E-state index contributed by atoms with van der Waals surface area (Å²) in [6.45, 7) is 4.33. The Labute approximate surface area is 90.3 Å². The molecule has 0 saturated carbocycles. The highest BCUT2D eigenvalue weighted by atomic mass is 32.2. The van der Waals surface area contributed by atoms with Gasteiger partial charge >= 0.3 is 0 Å². The highest BCUT2D eigenvalue weighted by Crippen LogP contribution is 1.96. The van der Waals surface area contributed by atoms with E-state index in [4.69, 9.17) is 0 Å². The molecule has 1 aromatic heterocycles. The van der Waals surface area contributed by atoms with Crippen LogP contribution in [0.4, 0.5) is 0 Å². The van der Waals surface area contributed by atoms with Crippen LogP contribution in [0.2, 0.25) is 0 Å². The maximum Gasteiger partial charge on any atom is 0.0489 e. The molecule has 4 heteroatoms. The standard InChI is InChI=1S/C10H19N3S/c1-10(11-6-9-14-2)4-8-13-7-3-5-12-13/h3,5,7,10-11H,4,6,8-9H2,1-2H3. The zero-order valence-electron chi connectivity index (χ0n) is 8.94. The van der Waals surface area contributed by atoms with Gasteiger partial charge in [-0.1, -0.05) is 0 Å². The van der Waals surface area contributed by atoms with Gasteiger partial charge in [0.1, 0.15) is 0 Å². The highest BCUT2D eigenvalue weighted by Gasteiger charge is 2.00. The van der Waals surface area contributed by atoms with Gasteiger partial charge in [-0.25, -0.2) is 0 Å². The number of nitrogens with one attached hydrogen (secondary N) is 1. The summed E-state index contributed by atoms with van der Waals surface area (Å²) < 4.78 is 1.98. The zero-order chi connectivity index (χ0) is 10.2. The van der Waals surface area contributed by atoms with Crippen LogP contribution in [0.15, 0.2) is 18.5 Å². The van der Waals surface area contributed by atoms with Crippen molar-refractivity contribution in [1.82, 2.24) is 15.1 Å². The third kappa shape index (κ3) is 4.67. The van der Waals surface area contributed by atoms with Crippen LogP contribution in [0.3, 0.4) is 0 Å². The molecule has 0 radical (unpaired) electrons. The van der Waals surface area contributed by atoms with E-state index in [1.807, 2.05) is 34.9 Å². The van der Waals surface area contributed by atoms with Crippen molar-refractivity contribution in [3.05, 3.63) is 18.5 Å². The summed E-state index contributed by atoms with van der Waals surface area (Å²) in [6.07, 6.45) is 7.10. The van der Waals surface area contributed by atoms with E-state index < -0.39 is 0 Å². The zero-order valence-corrected chi connectivity index (χ0v) is 9.76. The summed E-state index contributed by atoms with van der Waals surface area (Å²) in [7, 11) is 0. The fourth-order valence-corrected chi connectivity index (χ4v) is 1.59. The third-order valence-electron chi connectivity index (χ3n) is 2.15. The molecule has 14 heavy (non-hydrogen) atoms. The summed E-state index contributed by atoms with van der Waals surface area (Å²) in [5, 5.41) is 7.65. The average Bonchev–Trinajstić information content (AvgIpc) is 2.68. The van der Waals surface area contributed by atoms with E-state index >= 15 is 0 Å². The number of nitrogens with zero attached hydrogens (tertiary/aromatic N) is 2. The first-order chi connectivity index (χ1) is 6.83. The highest BCUT2D eigenvalue weighted by molar-refractivity contribution is 7.98. The van der Waals surface area contributed by atoms with E-state index in [0.29, 0.717) is 6.04 Å². The fraction of sp³-hybridized carbons (Fsp3) is 0.700. The molecule has 1 N–H and O–H groups in total. The van der Waals surface area contributed by atoms with Gasteiger partial charge in [-0.3, -0.25) is 4.68 Å². The summed E-state index contributed by atoms with van der Waals surface area (Å²) in [6, 6.07) is 2.54. The Morgan fingerprint density at radius 1 is 1.57 bits per heavy atom. The van der Waals surface area contributed by atoms with Crippen LogP contribution in [0.25, 0.3) is 0 Å². The van der Waals surface area contributed by atoms with Crippen molar-refractivity contribution in [2.45, 2.75) is 25.9 Å². The number of thioether (sulfide) groups is 1. The van der Waals surface area contributed by atoms with Gasteiger partial charge in [0.05, 0.1) is 0 Å². The molecule has 80 valence electrons. The minimum Gasteiger partial charge on any atom is -0.313 e. The lowest BCUT2D eigenvalue weighted by atomic mass is 10.2. The van der Waals surface area contributed by atoms with Crippen molar-refractivity contribution in [1.29, 1.82) is 0 Å². The molecule has 1 unspecified atom stereocenters. The van der Waals surface area contributed by atoms with Crippen molar-refractivity contribution in [2.75, 3.05) is 18.6 Å². The van der Waals surface area contributed by atoms with Crippen molar-refractivity contribution in [2.24, 2.45) is 0 Å². The van der Waals surface area contributed by atoms with Crippen LogP contribution in [0.1, 0.15) is 13.3 Å². The summed E-state index contributed by atoms with van der Waals surface area (Å²) in [5.74, 6) is 1.19. The monoisotopic (exact) mass is 213 g/mol. The van der Waals surface area contributed by atoms with Crippen molar-refractivity contribution >= 4 is 11.8 Å². The Kier molecular flexibility index (Phi) is 5.71. The van der Waals surface area contributed by atoms with Crippen LogP contribution < -0.4 is 5.32 Å². The topological polar surface area (TPSA) is 29.9 Å². The molecule has 1 rings (SSSR count). The van der Waals surface area contributed by atoms with Crippen molar-refractivity contribution in [3.8, 4) is 0 Å². The van der Waals surface area contributed by atoms with E-state index in [9.17, 15) is 0 Å². The molecule has 0 aromatic carbocycles. The minimum absolute atomic E-state index is 0.575. The number of aryl methyl sites for hydroxylation is 1. The lowest BCUT2D eigenvalue weighted by molar-refractivity contribution is 0.469. The molecule has 0 aliphatic rings. The molecule has 1 aromatic rings. The maximum atomic E-state index is 4.17. The first-order valence-electron chi connectivity index (χ1n) is 5.02. The van der Waals surface area contributed by atoms with Crippen molar-refractivity contribution in [3.63, 3.8) is 0 Å². The van der Waals surface area contributed by atoms with Crippen LogP contribution in [0.5, 0.6) is 0 Å². The van der Waals surface area contributed by atoms with Gasteiger partial charge in [0.2, 0.25) is 0 Å². The van der Waals surface area contributed by atoms with Gasteiger partial charge in [-0.2, -0.15) is 16.9 Å². The largest absolute Gasteiger partial charge is 0.313 e. The average molecular weight is 213 g/mol. The Hall–Kier alpha value is -0.480. The molecule has 0 aliphatic carbocycles. The molecule has 0 amide bonds. The van der Waals surface area contributed by atoms with Crippen LogP contribution in [-0.2, 0) is 6.54 Å². The number of rotatable bonds is 7. The summed E-state index contributed by atoms with van der Waals surface area (Å²) >= 11 is 1.88. The van der Waals surface area contributed by atoms with Gasteiger partial charge in [0, 0.05) is 37.3 Å². The Bertz CT molecular complexity index is 223. The predicted molar refractivity (Wildman–Crippen MR) is 62.7 cm³/mol. The molecular weight excluding hydrogens is 194 g/mol. The molecular formula is C10H19N3S. The van der Waals surface area contributed by atoms with E-state index in [1.54, 1.807) is 0 Å². The SMILES string of the molecule is CSCCNC(C)CCn1cccn1. The second-order valence-electron chi connectivity index (χ2n) is 3.41. The summed E-state index contributed by atoms with van der Waals surface area (Å²) in [4.78, 5) is 0. The van der Waals surface area contributed by atoms with Crippen LogP contribution >= 0.6 is 11.8 Å². The molecule has 1 atom stereocenters. The Balaban J connectivity index is 2.06. The second kappa shape index (κ2) is 6.90. The molecule has 0 saturated heterocycles. The first kappa shape index (κ1) is 11.6. The van der Waals surface area contributed by atoms with Gasteiger partial charge < -0.3 is 5.32 Å². The predicted octanol–water partition coefficient (Wildman–Crippen LogP) is 1.61. The molecule has 0 fully saturated rings. The smallest absolute Gasteiger partial charge is 0.0489 e. The van der Waals surface area contributed by atoms with E-state index in [1.165, 1.54) is 5.75 Å². The van der Waals surface area contributed by atoms with E-state index in [0.717, 1.165) is 19.5 Å². The van der Waals surface area contributed by atoms with Gasteiger partial charge in [-0.15, -0.1) is 0 Å². The molecule has 0 aliphatic heterocycles. The molecule has 3 nitrogen and oxygen atoms in total. The second-order valence-corrected chi connectivity index (χ2v) is 4.39. The van der Waals surface area contributed by atoms with Gasteiger partial charge in [-0.05, 0) is 25.7 Å². The lowest BCUT2D eigenvalue weighted by Gasteiger charge is -2.12. The van der Waals surface area contributed by atoms with Crippen LogP contribution in [0, 0.1) is 0 Å². The number of hydrogen-bond donors (Lipinski definition) is 1. The van der Waals surface area contributed by atoms with Gasteiger partial charge in [0.15, 0.2) is 0 Å². The minimum atomic E-state index is 0.575. The van der Waals surface area contributed by atoms with Crippen molar-refractivity contribution < 1.29 is 0 Å². The normalized spacial score (nSPS) is 13.0.